The number of nitrogens with two attached hydrogens (primary N) is 1. The quantitative estimate of drug-likeness (QED) is 0.126. The maximum atomic E-state index is 14.7. The third-order valence-corrected chi connectivity index (χ3v) is 10.7. The van der Waals surface area contributed by atoms with Crippen LogP contribution in [0, 0.1) is 17.8 Å². The van der Waals surface area contributed by atoms with Crippen LogP contribution in [0.25, 0.3) is 0 Å². The van der Waals surface area contributed by atoms with Crippen molar-refractivity contribution in [1.29, 1.82) is 0 Å². The Hall–Kier alpha value is -5.04. The number of Topliss-reactive ketones (excluding diaryl/α,β-unsaturated/α-hetero) is 4. The molecular formula is C43H55N3O10. The lowest BCUT2D eigenvalue weighted by Crippen LogP contribution is -2.47. The summed E-state index contributed by atoms with van der Waals surface area (Å²) in [4.78, 5) is 107. The Bertz CT molecular complexity index is 1780. The average molecular weight is 774 g/mol. The number of amides is 3. The van der Waals surface area contributed by atoms with Crippen molar-refractivity contribution in [2.75, 3.05) is 6.54 Å². The van der Waals surface area contributed by atoms with E-state index in [4.69, 9.17) is 10.5 Å². The molecule has 4 rings (SSSR count). The normalized spacial score (nSPS) is 19.0. The first kappa shape index (κ1) is 43.7. The molecule has 56 heavy (non-hydrogen) atoms. The molecule has 0 radical (unpaired) electrons. The maximum absolute atomic E-state index is 14.7. The van der Waals surface area contributed by atoms with Crippen molar-refractivity contribution in [2.45, 2.75) is 122 Å². The van der Waals surface area contributed by atoms with Crippen LogP contribution in [-0.2, 0) is 33.5 Å². The number of carbonyl (C=O) groups is 8. The van der Waals surface area contributed by atoms with Gasteiger partial charge >= 0.3 is 5.97 Å². The van der Waals surface area contributed by atoms with E-state index >= 15 is 0 Å². The second-order valence-corrected chi connectivity index (χ2v) is 16.0. The number of ether oxygens (including phenoxy) is 1. The molecule has 1 saturated carbocycles. The molecule has 2 aromatic carbocycles. The molecule has 2 aromatic rings. The number of ketones is 4. The monoisotopic (exact) mass is 773 g/mol. The number of hydrogen-bond acceptors (Lipinski definition) is 9. The topological polar surface area (TPSA) is 207 Å². The standard InChI is InChI=1S/C43H55N3O10/c1-5-26(39(51)34(47)19-20-37(50)45-38(40(44)52)28-15-10-7-11-16-28)22-36(49)33-23-31(56-43(2,3)4)25-46(33)41(53)32(27-13-8-6-9-14-27)24-35(48)29-17-12-18-30(21-29)42(54)55/h7,10-12,15-18,21,26-27,31-33,38H,5-6,8-9,13-14,19-20,22-25H2,1-4H3,(H2,44,52)(H,45,50)(H,54,55)/t26?,31-,32+,33+,38+/m1/s1. The Labute approximate surface area is 328 Å². The zero-order valence-corrected chi connectivity index (χ0v) is 32.8. The summed E-state index contributed by atoms with van der Waals surface area (Å²) in [6, 6.07) is 12.0. The lowest BCUT2D eigenvalue weighted by Gasteiger charge is -2.34. The molecule has 5 atom stereocenters. The summed E-state index contributed by atoms with van der Waals surface area (Å²) < 4.78 is 6.26. The van der Waals surface area contributed by atoms with Gasteiger partial charge in [0.2, 0.25) is 23.5 Å². The molecule has 1 heterocycles. The first-order valence-corrected chi connectivity index (χ1v) is 19.6. The smallest absolute Gasteiger partial charge is 0.335 e. The van der Waals surface area contributed by atoms with E-state index in [-0.39, 0.29) is 67.4 Å². The summed E-state index contributed by atoms with van der Waals surface area (Å²) in [5, 5.41) is 12.0. The zero-order valence-electron chi connectivity index (χ0n) is 32.8. The fourth-order valence-electron chi connectivity index (χ4n) is 7.86. The number of primary amides is 1. The summed E-state index contributed by atoms with van der Waals surface area (Å²) in [6.07, 6.45) is 2.83. The molecule has 0 spiro atoms. The number of carbonyl (C=O) groups excluding carboxylic acids is 7. The average Bonchev–Trinajstić information content (AvgIpc) is 3.59. The van der Waals surface area contributed by atoms with Gasteiger partial charge in [-0.05, 0) is 63.6 Å². The van der Waals surface area contributed by atoms with Gasteiger partial charge < -0.3 is 25.8 Å². The Morgan fingerprint density at radius 1 is 0.893 bits per heavy atom. The number of aromatic carboxylic acids is 1. The maximum Gasteiger partial charge on any atom is 0.335 e. The highest BCUT2D eigenvalue weighted by molar-refractivity contribution is 6.38. The number of benzene rings is 2. The van der Waals surface area contributed by atoms with Crippen molar-refractivity contribution in [3.63, 3.8) is 0 Å². The van der Waals surface area contributed by atoms with Crippen molar-refractivity contribution in [3.05, 3.63) is 71.3 Å². The highest BCUT2D eigenvalue weighted by Gasteiger charge is 2.45. The lowest BCUT2D eigenvalue weighted by molar-refractivity contribution is -0.144. The van der Waals surface area contributed by atoms with Crippen LogP contribution in [0.1, 0.15) is 131 Å². The Kier molecular flexibility index (Phi) is 15.4. The van der Waals surface area contributed by atoms with Crippen molar-refractivity contribution in [1.82, 2.24) is 10.2 Å². The minimum absolute atomic E-state index is 0.0367. The van der Waals surface area contributed by atoms with Gasteiger partial charge in [-0.2, -0.15) is 0 Å². The molecule has 4 N–H and O–H groups in total. The van der Waals surface area contributed by atoms with E-state index in [1.807, 2.05) is 20.8 Å². The van der Waals surface area contributed by atoms with E-state index in [1.165, 1.54) is 29.2 Å². The van der Waals surface area contributed by atoms with Crippen molar-refractivity contribution in [2.24, 2.45) is 23.5 Å². The summed E-state index contributed by atoms with van der Waals surface area (Å²) in [6.45, 7) is 7.40. The largest absolute Gasteiger partial charge is 0.478 e. The fourth-order valence-corrected chi connectivity index (χ4v) is 7.86. The van der Waals surface area contributed by atoms with E-state index in [1.54, 1.807) is 37.3 Å². The number of hydrogen-bond donors (Lipinski definition) is 3. The van der Waals surface area contributed by atoms with Crippen LogP contribution in [0.4, 0.5) is 0 Å². The highest BCUT2D eigenvalue weighted by Crippen LogP contribution is 2.37. The molecule has 2 aliphatic rings. The summed E-state index contributed by atoms with van der Waals surface area (Å²) in [7, 11) is 0. The minimum atomic E-state index is -1.17. The summed E-state index contributed by atoms with van der Waals surface area (Å²) in [5.74, 6) is -7.21. The van der Waals surface area contributed by atoms with E-state index in [0.717, 1.165) is 32.1 Å². The number of nitrogens with one attached hydrogen (secondary N) is 1. The van der Waals surface area contributed by atoms with Crippen LogP contribution < -0.4 is 11.1 Å². The lowest BCUT2D eigenvalue weighted by atomic mass is 9.76. The molecule has 13 heteroatoms. The van der Waals surface area contributed by atoms with E-state index in [0.29, 0.717) is 5.56 Å². The van der Waals surface area contributed by atoms with Crippen LogP contribution >= 0.6 is 0 Å². The number of likely N-dealkylation sites (tertiary alicyclic amines) is 1. The number of nitrogens with zero attached hydrogens (tertiary/aromatic N) is 1. The van der Waals surface area contributed by atoms with Gasteiger partial charge in [-0.25, -0.2) is 4.79 Å². The first-order chi connectivity index (χ1) is 26.5. The first-order valence-electron chi connectivity index (χ1n) is 19.6. The van der Waals surface area contributed by atoms with Gasteiger partial charge in [0.25, 0.3) is 0 Å². The van der Waals surface area contributed by atoms with E-state index in [9.17, 15) is 43.5 Å². The van der Waals surface area contributed by atoms with Crippen LogP contribution in [0.15, 0.2) is 54.6 Å². The Morgan fingerprint density at radius 3 is 2.16 bits per heavy atom. The SMILES string of the molecule is CCC(CC(=O)[C@@H]1C[C@@H](OC(C)(C)C)CN1C(=O)[C@@H](CC(=O)c1cccc(C(=O)O)c1)C1CCCCC1)C(=O)C(=O)CCC(=O)N[C@H](C(N)=O)c1ccccc1. The van der Waals surface area contributed by atoms with Crippen LogP contribution in [0.3, 0.4) is 0 Å². The summed E-state index contributed by atoms with van der Waals surface area (Å²) in [5.41, 5.74) is 5.52. The molecule has 0 bridgehead atoms. The van der Waals surface area contributed by atoms with Crippen molar-refractivity contribution < 1.29 is 48.2 Å². The molecule has 1 unspecified atom stereocenters. The molecule has 1 aliphatic carbocycles. The summed E-state index contributed by atoms with van der Waals surface area (Å²) >= 11 is 0. The molecule has 13 nitrogen and oxygen atoms in total. The predicted octanol–water partition coefficient (Wildman–Crippen LogP) is 5.19. The van der Waals surface area contributed by atoms with Gasteiger partial charge in [-0.1, -0.05) is 68.7 Å². The molecular weight excluding hydrogens is 718 g/mol. The molecule has 302 valence electrons. The van der Waals surface area contributed by atoms with Gasteiger partial charge in [0, 0.05) is 56.0 Å². The van der Waals surface area contributed by atoms with Crippen LogP contribution in [-0.4, -0.2) is 81.1 Å². The number of carboxylic acid groups (broad SMARTS) is 1. The Balaban J connectivity index is 1.49. The molecule has 2 fully saturated rings. The molecule has 1 aliphatic heterocycles. The van der Waals surface area contributed by atoms with Gasteiger partial charge in [-0.15, -0.1) is 0 Å². The number of carboxylic acids is 1. The van der Waals surface area contributed by atoms with Gasteiger partial charge in [0.05, 0.1) is 23.3 Å². The van der Waals surface area contributed by atoms with Gasteiger partial charge in [0.15, 0.2) is 17.3 Å². The van der Waals surface area contributed by atoms with E-state index in [2.05, 4.69) is 5.32 Å². The predicted molar refractivity (Wildman–Crippen MR) is 206 cm³/mol. The van der Waals surface area contributed by atoms with Crippen LogP contribution in [0.5, 0.6) is 0 Å². The number of rotatable bonds is 19. The highest BCUT2D eigenvalue weighted by atomic mass is 16.5. The zero-order chi connectivity index (χ0) is 41.2. The molecule has 3 amide bonds. The third kappa shape index (κ3) is 12.0. The fraction of sp³-hybridized carbons (Fsp3) is 0.535. The minimum Gasteiger partial charge on any atom is -0.478 e. The molecule has 1 saturated heterocycles. The van der Waals surface area contributed by atoms with Gasteiger partial charge in [0.1, 0.15) is 6.04 Å². The second-order valence-electron chi connectivity index (χ2n) is 16.0. The second kappa shape index (κ2) is 19.7. The van der Waals surface area contributed by atoms with Crippen molar-refractivity contribution >= 4 is 46.8 Å². The third-order valence-electron chi connectivity index (χ3n) is 10.7. The van der Waals surface area contributed by atoms with Crippen molar-refractivity contribution in [3.8, 4) is 0 Å². The Morgan fingerprint density at radius 2 is 1.55 bits per heavy atom. The van der Waals surface area contributed by atoms with E-state index < -0.39 is 77.2 Å². The molecule has 0 aromatic heterocycles. The van der Waals surface area contributed by atoms with Crippen LogP contribution in [0.2, 0.25) is 0 Å². The van der Waals surface area contributed by atoms with Gasteiger partial charge in [-0.3, -0.25) is 33.6 Å².